The summed E-state index contributed by atoms with van der Waals surface area (Å²) < 4.78 is 7.44. The van der Waals surface area contributed by atoms with Crippen molar-refractivity contribution < 1.29 is 4.42 Å². The topological polar surface area (TPSA) is 48.0 Å². The molecule has 0 N–H and O–H groups in total. The lowest BCUT2D eigenvalue weighted by atomic mass is 10.2. The van der Waals surface area contributed by atoms with Gasteiger partial charge in [0.15, 0.2) is 0 Å². The summed E-state index contributed by atoms with van der Waals surface area (Å²) in [5.74, 6) is 0.621. The number of imidazole rings is 1. The normalized spacial score (nSPS) is 11.4. The Morgan fingerprint density at radius 1 is 1.13 bits per heavy atom. The van der Waals surface area contributed by atoms with Crippen LogP contribution in [0.2, 0.25) is 0 Å². The SMILES string of the molecule is CSc1ccc2cc(-c3nc4ccccc4n3C)c(=O)oc2c1. The van der Waals surface area contributed by atoms with Crippen molar-refractivity contribution in [3.05, 3.63) is 59.0 Å². The van der Waals surface area contributed by atoms with Gasteiger partial charge in [-0.1, -0.05) is 18.2 Å². The summed E-state index contributed by atoms with van der Waals surface area (Å²) in [6.45, 7) is 0. The summed E-state index contributed by atoms with van der Waals surface area (Å²) >= 11 is 1.62. The molecule has 0 aliphatic carbocycles. The molecule has 0 amide bonds. The van der Waals surface area contributed by atoms with Crippen molar-refractivity contribution in [2.75, 3.05) is 6.26 Å². The molecule has 0 spiro atoms. The van der Waals surface area contributed by atoms with Gasteiger partial charge in [-0.3, -0.25) is 0 Å². The highest BCUT2D eigenvalue weighted by Gasteiger charge is 2.15. The Hall–Kier alpha value is -2.53. The zero-order valence-corrected chi connectivity index (χ0v) is 13.6. The first-order valence-corrected chi connectivity index (χ1v) is 8.43. The molecule has 0 fully saturated rings. The maximum atomic E-state index is 12.4. The number of para-hydroxylation sites is 2. The summed E-state index contributed by atoms with van der Waals surface area (Å²) in [6.07, 6.45) is 1.99. The van der Waals surface area contributed by atoms with E-state index in [1.165, 1.54) is 0 Å². The van der Waals surface area contributed by atoms with E-state index in [0.717, 1.165) is 21.3 Å². The third kappa shape index (κ3) is 2.24. The smallest absolute Gasteiger partial charge is 0.347 e. The minimum Gasteiger partial charge on any atom is -0.422 e. The maximum absolute atomic E-state index is 12.4. The average molecular weight is 322 g/mol. The Kier molecular flexibility index (Phi) is 3.23. The van der Waals surface area contributed by atoms with Gasteiger partial charge in [-0.25, -0.2) is 9.78 Å². The van der Waals surface area contributed by atoms with E-state index < -0.39 is 0 Å². The van der Waals surface area contributed by atoms with Crippen molar-refractivity contribution in [1.82, 2.24) is 9.55 Å². The standard InChI is InChI=1S/C18H14N2O2S/c1-20-15-6-4-3-5-14(15)19-17(20)13-9-11-7-8-12(23-2)10-16(11)22-18(13)21/h3-10H,1-2H3. The molecule has 0 unspecified atom stereocenters. The molecule has 0 saturated carbocycles. The molecule has 114 valence electrons. The van der Waals surface area contributed by atoms with Crippen molar-refractivity contribution in [2.45, 2.75) is 4.90 Å². The minimum atomic E-state index is -0.367. The van der Waals surface area contributed by atoms with E-state index in [-0.39, 0.29) is 5.63 Å². The average Bonchev–Trinajstić information content (AvgIpc) is 2.91. The van der Waals surface area contributed by atoms with E-state index >= 15 is 0 Å². The summed E-state index contributed by atoms with van der Waals surface area (Å²) in [5.41, 5.74) is 2.56. The molecule has 5 heteroatoms. The molecule has 2 heterocycles. The Morgan fingerprint density at radius 3 is 2.74 bits per heavy atom. The number of hydrogen-bond acceptors (Lipinski definition) is 4. The van der Waals surface area contributed by atoms with E-state index in [1.54, 1.807) is 11.8 Å². The predicted octanol–water partition coefficient (Wildman–Crippen LogP) is 4.07. The molecular formula is C18H14N2O2S. The number of hydrogen-bond donors (Lipinski definition) is 0. The molecule has 2 aromatic carbocycles. The second kappa shape index (κ2) is 5.28. The Morgan fingerprint density at radius 2 is 1.96 bits per heavy atom. The van der Waals surface area contributed by atoms with Crippen molar-refractivity contribution >= 4 is 33.8 Å². The second-order valence-electron chi connectivity index (χ2n) is 5.33. The number of thioether (sulfide) groups is 1. The number of nitrogens with zero attached hydrogens (tertiary/aromatic N) is 2. The van der Waals surface area contributed by atoms with Crippen molar-refractivity contribution in [2.24, 2.45) is 7.05 Å². The number of rotatable bonds is 2. The van der Waals surface area contributed by atoms with Crippen LogP contribution >= 0.6 is 11.8 Å². The fraction of sp³-hybridized carbons (Fsp3) is 0.111. The summed E-state index contributed by atoms with van der Waals surface area (Å²) in [6, 6.07) is 15.5. The fourth-order valence-corrected chi connectivity index (χ4v) is 3.19. The van der Waals surface area contributed by atoms with Crippen LogP contribution in [0.5, 0.6) is 0 Å². The van der Waals surface area contributed by atoms with E-state index in [4.69, 9.17) is 4.42 Å². The van der Waals surface area contributed by atoms with E-state index in [1.807, 2.05) is 66.4 Å². The van der Waals surface area contributed by atoms with Crippen LogP contribution in [0.15, 0.2) is 62.6 Å². The lowest BCUT2D eigenvalue weighted by molar-refractivity contribution is 0.561. The van der Waals surface area contributed by atoms with Crippen LogP contribution < -0.4 is 5.63 Å². The van der Waals surface area contributed by atoms with E-state index in [9.17, 15) is 4.79 Å². The van der Waals surface area contributed by atoms with Gasteiger partial charge < -0.3 is 8.98 Å². The minimum absolute atomic E-state index is 0.367. The van der Waals surface area contributed by atoms with Crippen LogP contribution in [0, 0.1) is 0 Å². The zero-order valence-electron chi connectivity index (χ0n) is 12.7. The molecule has 0 aliphatic rings. The van der Waals surface area contributed by atoms with Gasteiger partial charge in [-0.05, 0) is 36.6 Å². The lowest BCUT2D eigenvalue weighted by Crippen LogP contribution is -2.06. The first kappa shape index (κ1) is 14.1. The zero-order chi connectivity index (χ0) is 16.0. The molecule has 4 rings (SSSR count). The quantitative estimate of drug-likeness (QED) is 0.412. The molecule has 0 radical (unpaired) electrons. The molecule has 0 saturated heterocycles. The monoisotopic (exact) mass is 322 g/mol. The summed E-state index contributed by atoms with van der Waals surface area (Å²) in [4.78, 5) is 18.1. The first-order chi connectivity index (χ1) is 11.2. The highest BCUT2D eigenvalue weighted by molar-refractivity contribution is 7.98. The van der Waals surface area contributed by atoms with Gasteiger partial charge in [0.05, 0.1) is 11.0 Å². The molecular weight excluding hydrogens is 308 g/mol. The van der Waals surface area contributed by atoms with Gasteiger partial charge >= 0.3 is 5.63 Å². The van der Waals surface area contributed by atoms with Gasteiger partial charge in [-0.15, -0.1) is 11.8 Å². The van der Waals surface area contributed by atoms with Crippen molar-refractivity contribution in [3.63, 3.8) is 0 Å². The van der Waals surface area contributed by atoms with Crippen LogP contribution in [-0.2, 0) is 7.05 Å². The van der Waals surface area contributed by atoms with Crippen LogP contribution in [0.3, 0.4) is 0 Å². The van der Waals surface area contributed by atoms with Gasteiger partial charge in [0, 0.05) is 17.3 Å². The van der Waals surface area contributed by atoms with E-state index in [2.05, 4.69) is 4.98 Å². The third-order valence-electron chi connectivity index (χ3n) is 3.97. The molecule has 23 heavy (non-hydrogen) atoms. The predicted molar refractivity (Wildman–Crippen MR) is 94.0 cm³/mol. The second-order valence-corrected chi connectivity index (χ2v) is 6.21. The molecule has 0 atom stereocenters. The molecule has 4 aromatic rings. The third-order valence-corrected chi connectivity index (χ3v) is 4.70. The van der Waals surface area contributed by atoms with Gasteiger partial charge in [0.25, 0.3) is 0 Å². The number of aryl methyl sites for hydroxylation is 1. The van der Waals surface area contributed by atoms with Crippen molar-refractivity contribution in [3.8, 4) is 11.4 Å². The highest BCUT2D eigenvalue weighted by atomic mass is 32.2. The molecule has 0 bridgehead atoms. The molecule has 2 aromatic heterocycles. The van der Waals surface area contributed by atoms with Crippen LogP contribution in [-0.4, -0.2) is 15.8 Å². The number of aromatic nitrogens is 2. The Bertz CT molecular complexity index is 1100. The first-order valence-electron chi connectivity index (χ1n) is 7.21. The van der Waals surface area contributed by atoms with Crippen LogP contribution in [0.25, 0.3) is 33.4 Å². The maximum Gasteiger partial charge on any atom is 0.347 e. The van der Waals surface area contributed by atoms with Gasteiger partial charge in [0.1, 0.15) is 17.0 Å². The van der Waals surface area contributed by atoms with E-state index in [0.29, 0.717) is 17.0 Å². The van der Waals surface area contributed by atoms with Crippen molar-refractivity contribution in [1.29, 1.82) is 0 Å². The van der Waals surface area contributed by atoms with Crippen LogP contribution in [0.1, 0.15) is 0 Å². The largest absolute Gasteiger partial charge is 0.422 e. The lowest BCUT2D eigenvalue weighted by Gasteiger charge is -2.04. The summed E-state index contributed by atoms with van der Waals surface area (Å²) in [7, 11) is 1.91. The van der Waals surface area contributed by atoms with Gasteiger partial charge in [0.2, 0.25) is 0 Å². The highest BCUT2D eigenvalue weighted by Crippen LogP contribution is 2.26. The summed E-state index contributed by atoms with van der Waals surface area (Å²) in [5, 5.41) is 0.893. The van der Waals surface area contributed by atoms with Crippen LogP contribution in [0.4, 0.5) is 0 Å². The Labute approximate surface area is 136 Å². The molecule has 0 aliphatic heterocycles. The Balaban J connectivity index is 1.99. The van der Waals surface area contributed by atoms with Gasteiger partial charge in [-0.2, -0.15) is 0 Å². The fourth-order valence-electron chi connectivity index (χ4n) is 2.76. The number of fused-ring (bicyclic) bond motifs is 2. The molecule has 4 nitrogen and oxygen atoms in total. The number of benzene rings is 2.